The van der Waals surface area contributed by atoms with Crippen LogP contribution in [0.1, 0.15) is 13.3 Å². The first-order chi connectivity index (χ1) is 13.6. The van der Waals surface area contributed by atoms with Gasteiger partial charge in [-0.3, -0.25) is 4.79 Å². The largest absolute Gasteiger partial charge is 0.479 e. The van der Waals surface area contributed by atoms with Gasteiger partial charge in [-0.05, 0) is 48.9 Å². The summed E-state index contributed by atoms with van der Waals surface area (Å²) in [7, 11) is 0. The van der Waals surface area contributed by atoms with Crippen LogP contribution in [-0.2, 0) is 4.79 Å². The molecule has 0 heterocycles. The Labute approximate surface area is 174 Å². The minimum absolute atomic E-state index is 0.317. The molecule has 0 radical (unpaired) electrons. The third-order valence-electron chi connectivity index (χ3n) is 3.94. The van der Waals surface area contributed by atoms with Crippen molar-refractivity contribution in [2.24, 2.45) is 0 Å². The average molecular weight is 416 g/mol. The summed E-state index contributed by atoms with van der Waals surface area (Å²) in [5, 5.41) is 3.78. The van der Waals surface area contributed by atoms with Crippen LogP contribution in [0.5, 0.6) is 17.2 Å². The van der Waals surface area contributed by atoms with Gasteiger partial charge in [-0.25, -0.2) is 0 Å². The average Bonchev–Trinajstić information content (AvgIpc) is 2.70. The number of carbonyl (C=O) groups excluding carboxylic acids is 1. The van der Waals surface area contributed by atoms with Crippen molar-refractivity contribution >= 4 is 34.8 Å². The zero-order valence-electron chi connectivity index (χ0n) is 15.2. The van der Waals surface area contributed by atoms with Gasteiger partial charge < -0.3 is 14.8 Å². The van der Waals surface area contributed by atoms with E-state index in [1.54, 1.807) is 42.5 Å². The van der Waals surface area contributed by atoms with Crippen LogP contribution < -0.4 is 14.8 Å². The van der Waals surface area contributed by atoms with Crippen LogP contribution in [0.3, 0.4) is 0 Å². The maximum Gasteiger partial charge on any atom is 0.265 e. The van der Waals surface area contributed by atoms with Gasteiger partial charge in [-0.1, -0.05) is 60.5 Å². The van der Waals surface area contributed by atoms with Crippen molar-refractivity contribution in [3.63, 3.8) is 0 Å². The van der Waals surface area contributed by atoms with E-state index in [9.17, 15) is 4.79 Å². The van der Waals surface area contributed by atoms with Crippen LogP contribution in [0.2, 0.25) is 10.0 Å². The van der Waals surface area contributed by atoms with Gasteiger partial charge in [0, 0.05) is 5.02 Å². The van der Waals surface area contributed by atoms with E-state index >= 15 is 0 Å². The summed E-state index contributed by atoms with van der Waals surface area (Å²) in [6.45, 7) is 1.86. The fourth-order valence-electron chi connectivity index (χ4n) is 2.53. The summed E-state index contributed by atoms with van der Waals surface area (Å²) < 4.78 is 11.7. The molecule has 3 aromatic carbocycles. The Bertz CT molecular complexity index is 948. The Morgan fingerprint density at radius 1 is 0.964 bits per heavy atom. The van der Waals surface area contributed by atoms with Crippen molar-refractivity contribution in [1.29, 1.82) is 0 Å². The number of hydrogen-bond acceptors (Lipinski definition) is 3. The molecule has 1 unspecified atom stereocenters. The maximum atomic E-state index is 12.8. The predicted octanol–water partition coefficient (Wildman–Crippen LogP) is 6.58. The van der Waals surface area contributed by atoms with Crippen molar-refractivity contribution in [2.75, 3.05) is 5.32 Å². The molecule has 0 aliphatic carbocycles. The van der Waals surface area contributed by atoms with E-state index in [4.69, 9.17) is 32.7 Å². The van der Waals surface area contributed by atoms with Crippen molar-refractivity contribution < 1.29 is 14.3 Å². The summed E-state index contributed by atoms with van der Waals surface area (Å²) in [6.07, 6.45) is -0.254. The highest BCUT2D eigenvalue weighted by molar-refractivity contribution is 6.32. The van der Waals surface area contributed by atoms with E-state index in [1.807, 2.05) is 37.3 Å². The second kappa shape index (κ2) is 9.49. The lowest BCUT2D eigenvalue weighted by atomic mass is 10.2. The molecule has 0 fully saturated rings. The van der Waals surface area contributed by atoms with Gasteiger partial charge in [-0.15, -0.1) is 0 Å². The quantitative estimate of drug-likeness (QED) is 0.473. The maximum absolute atomic E-state index is 12.8. The predicted molar refractivity (Wildman–Crippen MR) is 113 cm³/mol. The van der Waals surface area contributed by atoms with Crippen LogP contribution >= 0.6 is 23.2 Å². The lowest BCUT2D eigenvalue weighted by Gasteiger charge is -2.19. The summed E-state index contributed by atoms with van der Waals surface area (Å²) >= 11 is 12.2. The third kappa shape index (κ3) is 5.18. The standard InChI is InChI=1S/C22H19Cl2NO3/c1-2-19(28-20-11-7-6-10-17(20)24)22(26)25-18-14-15(23)12-13-21(18)27-16-8-4-3-5-9-16/h3-14,19H,2H2,1H3,(H,25,26). The number of rotatable bonds is 7. The van der Waals surface area contributed by atoms with E-state index in [1.165, 1.54) is 0 Å². The minimum Gasteiger partial charge on any atom is -0.479 e. The molecule has 3 aromatic rings. The Morgan fingerprint density at radius 3 is 2.39 bits per heavy atom. The van der Waals surface area contributed by atoms with Crippen molar-refractivity contribution in [2.45, 2.75) is 19.4 Å². The van der Waals surface area contributed by atoms with Gasteiger partial charge in [0.1, 0.15) is 11.5 Å². The van der Waals surface area contributed by atoms with Crippen LogP contribution in [0.4, 0.5) is 5.69 Å². The number of amides is 1. The zero-order chi connectivity index (χ0) is 19.9. The highest BCUT2D eigenvalue weighted by Crippen LogP contribution is 2.32. The van der Waals surface area contributed by atoms with Gasteiger partial charge in [-0.2, -0.15) is 0 Å². The first-order valence-corrected chi connectivity index (χ1v) is 9.57. The Kier molecular flexibility index (Phi) is 6.80. The summed E-state index contributed by atoms with van der Waals surface area (Å²) in [6, 6.07) is 21.4. The molecule has 0 bridgehead atoms. The number of ether oxygens (including phenoxy) is 2. The number of anilines is 1. The topological polar surface area (TPSA) is 47.6 Å². The summed E-state index contributed by atoms with van der Waals surface area (Å²) in [5.74, 6) is 1.27. The van der Waals surface area contributed by atoms with Crippen molar-refractivity contribution in [3.8, 4) is 17.2 Å². The van der Waals surface area contributed by atoms with Crippen molar-refractivity contribution in [1.82, 2.24) is 0 Å². The molecule has 1 amide bonds. The fraction of sp³-hybridized carbons (Fsp3) is 0.136. The van der Waals surface area contributed by atoms with E-state index in [2.05, 4.69) is 5.32 Å². The van der Waals surface area contributed by atoms with Crippen LogP contribution in [0.15, 0.2) is 72.8 Å². The third-order valence-corrected chi connectivity index (χ3v) is 4.49. The van der Waals surface area contributed by atoms with Gasteiger partial charge in [0.25, 0.3) is 5.91 Å². The first kappa shape index (κ1) is 20.1. The van der Waals surface area contributed by atoms with Crippen LogP contribution in [0.25, 0.3) is 0 Å². The highest BCUT2D eigenvalue weighted by atomic mass is 35.5. The van der Waals surface area contributed by atoms with E-state index in [-0.39, 0.29) is 5.91 Å². The molecule has 0 saturated carbocycles. The second-order valence-corrected chi connectivity index (χ2v) is 6.83. The fourth-order valence-corrected chi connectivity index (χ4v) is 2.89. The number of carbonyl (C=O) groups is 1. The molecule has 6 heteroatoms. The molecular formula is C22H19Cl2NO3. The minimum atomic E-state index is -0.719. The van der Waals surface area contributed by atoms with E-state index in [0.717, 1.165) is 0 Å². The van der Waals surface area contributed by atoms with Crippen molar-refractivity contribution in [3.05, 3.63) is 82.8 Å². The van der Waals surface area contributed by atoms with Gasteiger partial charge in [0.15, 0.2) is 11.9 Å². The number of hydrogen-bond donors (Lipinski definition) is 1. The summed E-state index contributed by atoms with van der Waals surface area (Å²) in [5.41, 5.74) is 0.461. The number of benzene rings is 3. The molecule has 28 heavy (non-hydrogen) atoms. The first-order valence-electron chi connectivity index (χ1n) is 8.81. The number of para-hydroxylation sites is 2. The molecule has 0 aliphatic heterocycles. The second-order valence-electron chi connectivity index (χ2n) is 5.99. The molecule has 3 rings (SSSR count). The van der Waals surface area contributed by atoms with Gasteiger partial charge in [0.05, 0.1) is 10.7 Å². The Hall–Kier alpha value is -2.69. The molecule has 0 spiro atoms. The normalized spacial score (nSPS) is 11.5. The lowest BCUT2D eigenvalue weighted by Crippen LogP contribution is -2.32. The molecule has 144 valence electrons. The highest BCUT2D eigenvalue weighted by Gasteiger charge is 2.21. The molecule has 1 N–H and O–H groups in total. The summed E-state index contributed by atoms with van der Waals surface area (Å²) in [4.78, 5) is 12.8. The van der Waals surface area contributed by atoms with E-state index < -0.39 is 6.10 Å². The molecule has 1 atom stereocenters. The van der Waals surface area contributed by atoms with Gasteiger partial charge >= 0.3 is 0 Å². The Balaban J connectivity index is 1.78. The Morgan fingerprint density at radius 2 is 1.68 bits per heavy atom. The number of halogens is 2. The van der Waals surface area contributed by atoms with Gasteiger partial charge in [0.2, 0.25) is 0 Å². The molecule has 4 nitrogen and oxygen atoms in total. The van der Waals surface area contributed by atoms with E-state index in [0.29, 0.717) is 39.4 Å². The molecule has 0 saturated heterocycles. The molecule has 0 aromatic heterocycles. The monoisotopic (exact) mass is 415 g/mol. The lowest BCUT2D eigenvalue weighted by molar-refractivity contribution is -0.122. The molecule has 0 aliphatic rings. The SMILES string of the molecule is CCC(Oc1ccccc1Cl)C(=O)Nc1cc(Cl)ccc1Oc1ccccc1. The molecular weight excluding hydrogens is 397 g/mol. The smallest absolute Gasteiger partial charge is 0.265 e. The van der Waals surface area contributed by atoms with Crippen LogP contribution in [-0.4, -0.2) is 12.0 Å². The zero-order valence-corrected chi connectivity index (χ0v) is 16.7. The number of nitrogens with one attached hydrogen (secondary N) is 1. The van der Waals surface area contributed by atoms with Crippen LogP contribution in [0, 0.1) is 0 Å².